The number of benzene rings is 2. The summed E-state index contributed by atoms with van der Waals surface area (Å²) in [5.74, 6) is -0.875. The summed E-state index contributed by atoms with van der Waals surface area (Å²) in [6.07, 6.45) is -3.40. The van der Waals surface area contributed by atoms with Gasteiger partial charge in [-0.05, 0) is 51.0 Å². The average Bonchev–Trinajstić information content (AvgIpc) is 3.31. The third-order valence-electron chi connectivity index (χ3n) is 5.92. The molecule has 2 heterocycles. The molecule has 1 aromatic heterocycles. The molecular weight excluding hydrogens is 590 g/mol. The lowest BCUT2D eigenvalue weighted by molar-refractivity contribution is -0.177. The molecule has 1 atom stereocenters. The average molecular weight is 622 g/mol. The molecule has 4 rings (SSSR count). The van der Waals surface area contributed by atoms with E-state index in [1.165, 1.54) is 0 Å². The van der Waals surface area contributed by atoms with Gasteiger partial charge in [-0.1, -0.05) is 41.5 Å². The normalized spacial score (nSPS) is 13.6. The zero-order chi connectivity index (χ0) is 32.6. The van der Waals surface area contributed by atoms with Crippen LogP contribution >= 0.6 is 0 Å². The van der Waals surface area contributed by atoms with E-state index in [-0.39, 0.29) is 37.6 Å². The van der Waals surface area contributed by atoms with Crippen molar-refractivity contribution in [1.82, 2.24) is 30.8 Å². The number of carbonyl (C=O) groups excluding carboxylic acids is 5. The van der Waals surface area contributed by atoms with Gasteiger partial charge < -0.3 is 19.5 Å². The van der Waals surface area contributed by atoms with Crippen LogP contribution in [0, 0.1) is 0 Å². The van der Waals surface area contributed by atoms with Crippen LogP contribution in [-0.2, 0) is 41.8 Å². The fourth-order valence-electron chi connectivity index (χ4n) is 3.72. The standard InChI is InChI=1S/C29H31N7O9/c1-17(24-32-34-25(35-33-24)20-9-5-18(6-10-20)15-30-26(39)44-29(2,3)4)43-27(40)31-21-11-7-19(8-12-21)16-42-28(41)45-36-22(37)13-14-23(36)38/h5-12,17H,13-16H2,1-4H3,(H,30,39)(H,31,40). The summed E-state index contributed by atoms with van der Waals surface area (Å²) in [5, 5.41) is 21.8. The second kappa shape index (κ2) is 14.2. The second-order valence-corrected chi connectivity index (χ2v) is 10.7. The van der Waals surface area contributed by atoms with Crippen molar-refractivity contribution in [2.45, 2.75) is 65.4 Å². The summed E-state index contributed by atoms with van der Waals surface area (Å²) >= 11 is 0. The van der Waals surface area contributed by atoms with Gasteiger partial charge in [0.25, 0.3) is 11.8 Å². The Kier molecular flexibility index (Phi) is 10.2. The maximum Gasteiger partial charge on any atom is 0.534 e. The zero-order valence-electron chi connectivity index (χ0n) is 24.9. The highest BCUT2D eigenvalue weighted by Gasteiger charge is 2.33. The van der Waals surface area contributed by atoms with Gasteiger partial charge in [-0.15, -0.1) is 20.4 Å². The first-order valence-electron chi connectivity index (χ1n) is 13.8. The lowest BCUT2D eigenvalue weighted by atomic mass is 10.1. The summed E-state index contributed by atoms with van der Waals surface area (Å²) in [6.45, 7) is 7.01. The van der Waals surface area contributed by atoms with Gasteiger partial charge in [0.15, 0.2) is 6.10 Å². The first-order valence-corrected chi connectivity index (χ1v) is 13.8. The summed E-state index contributed by atoms with van der Waals surface area (Å²) in [4.78, 5) is 63.6. The molecule has 1 fully saturated rings. The highest BCUT2D eigenvalue weighted by molar-refractivity contribution is 6.01. The number of rotatable bonds is 9. The zero-order valence-corrected chi connectivity index (χ0v) is 24.9. The van der Waals surface area contributed by atoms with Crippen LogP contribution in [0.5, 0.6) is 0 Å². The van der Waals surface area contributed by atoms with E-state index in [2.05, 4.69) is 35.9 Å². The molecule has 1 aliphatic rings. The predicted molar refractivity (Wildman–Crippen MR) is 153 cm³/mol. The smallest absolute Gasteiger partial charge is 0.444 e. The maximum absolute atomic E-state index is 12.4. The van der Waals surface area contributed by atoms with E-state index in [0.717, 1.165) is 5.56 Å². The van der Waals surface area contributed by atoms with Crippen LogP contribution in [0.3, 0.4) is 0 Å². The van der Waals surface area contributed by atoms with Crippen LogP contribution in [-0.4, -0.2) is 61.2 Å². The van der Waals surface area contributed by atoms with E-state index in [1.54, 1.807) is 76.2 Å². The Balaban J connectivity index is 1.21. The fraction of sp³-hybridized carbons (Fsp3) is 0.345. The van der Waals surface area contributed by atoms with Gasteiger partial charge in [-0.3, -0.25) is 19.7 Å². The molecule has 16 nitrogen and oxygen atoms in total. The summed E-state index contributed by atoms with van der Waals surface area (Å²) < 4.78 is 15.5. The number of nitrogens with zero attached hydrogens (tertiary/aromatic N) is 5. The van der Waals surface area contributed by atoms with Crippen LogP contribution in [0.1, 0.15) is 63.6 Å². The van der Waals surface area contributed by atoms with Gasteiger partial charge in [-0.2, -0.15) is 0 Å². The highest BCUT2D eigenvalue weighted by Crippen LogP contribution is 2.18. The number of alkyl carbamates (subject to hydrolysis) is 1. The van der Waals surface area contributed by atoms with Gasteiger partial charge in [0.2, 0.25) is 11.6 Å². The van der Waals surface area contributed by atoms with E-state index in [4.69, 9.17) is 14.2 Å². The van der Waals surface area contributed by atoms with Crippen molar-refractivity contribution >= 4 is 35.8 Å². The summed E-state index contributed by atoms with van der Waals surface area (Å²) in [7, 11) is 0. The summed E-state index contributed by atoms with van der Waals surface area (Å²) in [5.41, 5.74) is 1.85. The SMILES string of the molecule is CC(OC(=O)Nc1ccc(COC(=O)ON2C(=O)CCC2=O)cc1)c1nnc(-c2ccc(CNC(=O)OC(C)(C)C)cc2)nn1. The molecule has 0 bridgehead atoms. The number of imide groups is 1. The third kappa shape index (κ3) is 9.67. The first kappa shape index (κ1) is 32.2. The lowest BCUT2D eigenvalue weighted by Gasteiger charge is -2.19. The van der Waals surface area contributed by atoms with E-state index < -0.39 is 41.9 Å². The van der Waals surface area contributed by atoms with Crippen LogP contribution in [0.4, 0.5) is 20.1 Å². The van der Waals surface area contributed by atoms with Crippen molar-refractivity contribution in [1.29, 1.82) is 0 Å². The molecule has 0 saturated carbocycles. The topological polar surface area (TPSA) is 201 Å². The third-order valence-corrected chi connectivity index (χ3v) is 5.92. The number of carbonyl (C=O) groups is 5. The molecule has 4 amide bonds. The number of aromatic nitrogens is 4. The molecule has 16 heteroatoms. The number of hydrogen-bond acceptors (Lipinski definition) is 13. The van der Waals surface area contributed by atoms with E-state index >= 15 is 0 Å². The Morgan fingerprint density at radius 1 is 0.867 bits per heavy atom. The van der Waals surface area contributed by atoms with Crippen LogP contribution in [0.15, 0.2) is 48.5 Å². The number of amides is 4. The quantitative estimate of drug-likeness (QED) is 0.197. The highest BCUT2D eigenvalue weighted by atomic mass is 16.8. The van der Waals surface area contributed by atoms with Crippen LogP contribution < -0.4 is 10.6 Å². The number of hydrogen-bond donors (Lipinski definition) is 2. The fourth-order valence-corrected chi connectivity index (χ4v) is 3.72. The molecule has 2 aromatic carbocycles. The van der Waals surface area contributed by atoms with Gasteiger partial charge in [0, 0.05) is 30.6 Å². The van der Waals surface area contributed by atoms with Gasteiger partial charge >= 0.3 is 18.3 Å². The molecule has 3 aromatic rings. The monoisotopic (exact) mass is 621 g/mol. The van der Waals surface area contributed by atoms with Crippen molar-refractivity contribution in [3.8, 4) is 11.4 Å². The number of nitrogens with one attached hydrogen (secondary N) is 2. The predicted octanol–water partition coefficient (Wildman–Crippen LogP) is 3.99. The van der Waals surface area contributed by atoms with Gasteiger partial charge in [-0.25, -0.2) is 14.4 Å². The van der Waals surface area contributed by atoms with Crippen molar-refractivity contribution in [3.05, 3.63) is 65.5 Å². The van der Waals surface area contributed by atoms with Crippen LogP contribution in [0.25, 0.3) is 11.4 Å². The van der Waals surface area contributed by atoms with Crippen molar-refractivity contribution in [3.63, 3.8) is 0 Å². The van der Waals surface area contributed by atoms with E-state index in [1.807, 2.05) is 0 Å². The molecule has 45 heavy (non-hydrogen) atoms. The molecule has 0 spiro atoms. The van der Waals surface area contributed by atoms with Gasteiger partial charge in [0.1, 0.15) is 12.2 Å². The minimum Gasteiger partial charge on any atom is -0.444 e. The molecule has 1 saturated heterocycles. The number of anilines is 1. The Hall–Kier alpha value is -5.67. The Labute approximate surface area is 257 Å². The van der Waals surface area contributed by atoms with E-state index in [0.29, 0.717) is 21.9 Å². The van der Waals surface area contributed by atoms with Crippen molar-refractivity contribution in [2.24, 2.45) is 0 Å². The Morgan fingerprint density at radius 2 is 1.47 bits per heavy atom. The van der Waals surface area contributed by atoms with Crippen molar-refractivity contribution in [2.75, 3.05) is 5.32 Å². The number of hydroxylamine groups is 2. The van der Waals surface area contributed by atoms with Gasteiger partial charge in [0.05, 0.1) is 0 Å². The Morgan fingerprint density at radius 3 is 2.07 bits per heavy atom. The second-order valence-electron chi connectivity index (χ2n) is 10.7. The Bertz CT molecular complexity index is 1520. The molecule has 0 radical (unpaired) electrons. The number of ether oxygens (including phenoxy) is 3. The first-order chi connectivity index (χ1) is 21.4. The van der Waals surface area contributed by atoms with Crippen molar-refractivity contribution < 1.29 is 43.0 Å². The molecule has 0 aliphatic carbocycles. The molecule has 236 valence electrons. The molecule has 1 unspecified atom stereocenters. The van der Waals surface area contributed by atoms with E-state index in [9.17, 15) is 24.0 Å². The molecule has 1 aliphatic heterocycles. The lowest BCUT2D eigenvalue weighted by Crippen LogP contribution is -2.32. The molecule has 2 N–H and O–H groups in total. The minimum absolute atomic E-state index is 0.0238. The molecular formula is C29H31N7O9. The largest absolute Gasteiger partial charge is 0.534 e. The minimum atomic E-state index is -1.19. The van der Waals surface area contributed by atoms with Crippen LogP contribution in [0.2, 0.25) is 0 Å². The maximum atomic E-state index is 12.4. The summed E-state index contributed by atoms with van der Waals surface area (Å²) in [6, 6.07) is 13.4.